The number of allylic oxidation sites excluding steroid dienone is 4. The van der Waals surface area contributed by atoms with E-state index in [-0.39, 0.29) is 45.9 Å². The summed E-state index contributed by atoms with van der Waals surface area (Å²) >= 11 is 0. The molecular formula is C36H40N5O4Y. The molecule has 0 amide bonds. The van der Waals surface area contributed by atoms with Crippen LogP contribution in [0.25, 0.3) is 44.4 Å². The van der Waals surface area contributed by atoms with Gasteiger partial charge in [0.05, 0.1) is 60.4 Å². The van der Waals surface area contributed by atoms with Gasteiger partial charge in [0, 0.05) is 12.1 Å². The Balaban J connectivity index is 0.00000480. The third kappa shape index (κ3) is 7.18. The van der Waals surface area contributed by atoms with Crippen LogP contribution in [-0.2, 0) is 45.6 Å². The molecule has 236 valence electrons. The van der Waals surface area contributed by atoms with Crippen LogP contribution in [0.1, 0.15) is 87.3 Å². The zero-order chi connectivity index (χ0) is 32.1. The maximum Gasteiger partial charge on any atom is 3.00 e. The first kappa shape index (κ1) is 35.6. The number of ether oxygens (including phenoxy) is 2. The molecule has 2 aliphatic heterocycles. The Morgan fingerprint density at radius 2 is 1.07 bits per heavy atom. The van der Waals surface area contributed by atoms with Gasteiger partial charge < -0.3 is 24.7 Å². The maximum atomic E-state index is 11.5. The third-order valence-electron chi connectivity index (χ3n) is 8.53. The van der Waals surface area contributed by atoms with Crippen molar-refractivity contribution in [3.63, 3.8) is 0 Å². The minimum atomic E-state index is -0.156. The maximum absolute atomic E-state index is 11.5. The summed E-state index contributed by atoms with van der Waals surface area (Å²) in [6.45, 7) is 8.02. The molecule has 3 aromatic rings. The van der Waals surface area contributed by atoms with Crippen LogP contribution in [0.15, 0.2) is 36.7 Å². The minimum absolute atomic E-state index is 0. The van der Waals surface area contributed by atoms with Crippen molar-refractivity contribution in [3.8, 4) is 11.5 Å². The first-order chi connectivity index (χ1) is 21.9. The Kier molecular flexibility index (Phi) is 12.4. The largest absolute Gasteiger partial charge is 3.00 e. The van der Waals surface area contributed by atoms with Crippen LogP contribution in [0.4, 0.5) is 0 Å². The summed E-state index contributed by atoms with van der Waals surface area (Å²) in [5, 5.41) is 23.0. The molecule has 0 N–H and O–H groups in total. The quantitative estimate of drug-likeness (QED) is 0.279. The van der Waals surface area contributed by atoms with E-state index in [9.17, 15) is 10.2 Å². The number of aromatic nitrogens is 5. The molecule has 0 aliphatic carbocycles. The molecule has 0 unspecified atom stereocenters. The average Bonchev–Trinajstić information content (AvgIpc) is 3.65. The molecule has 46 heavy (non-hydrogen) atoms. The fourth-order valence-corrected chi connectivity index (χ4v) is 6.06. The van der Waals surface area contributed by atoms with Crippen molar-refractivity contribution in [1.82, 2.24) is 24.9 Å². The number of hydrogen-bond donors (Lipinski definition) is 0. The molecule has 0 saturated carbocycles. The van der Waals surface area contributed by atoms with Crippen molar-refractivity contribution >= 4 is 44.4 Å². The van der Waals surface area contributed by atoms with Gasteiger partial charge in [-0.3, -0.25) is 9.97 Å². The predicted molar refractivity (Wildman–Crippen MR) is 175 cm³/mol. The van der Waals surface area contributed by atoms with Crippen molar-refractivity contribution in [2.45, 2.75) is 66.2 Å². The number of aryl methyl sites for hydroxylation is 2. The van der Waals surface area contributed by atoms with Gasteiger partial charge in [-0.05, 0) is 61.8 Å². The van der Waals surface area contributed by atoms with Crippen LogP contribution in [0.2, 0.25) is 0 Å². The average molecular weight is 696 g/mol. The fourth-order valence-electron chi connectivity index (χ4n) is 6.06. The van der Waals surface area contributed by atoms with Crippen LogP contribution >= 0.6 is 0 Å². The third-order valence-corrected chi connectivity index (χ3v) is 8.53. The number of rotatable bonds is 10. The van der Waals surface area contributed by atoms with Gasteiger partial charge in [-0.2, -0.15) is 0 Å². The second-order valence-corrected chi connectivity index (χ2v) is 11.1. The van der Waals surface area contributed by atoms with Gasteiger partial charge in [0.25, 0.3) is 0 Å². The van der Waals surface area contributed by atoms with Crippen molar-refractivity contribution in [2.75, 3.05) is 27.4 Å². The van der Waals surface area contributed by atoms with E-state index in [0.29, 0.717) is 48.2 Å². The first-order valence-electron chi connectivity index (χ1n) is 15.6. The number of methoxy groups -OCH3 is 2. The van der Waals surface area contributed by atoms with E-state index in [0.717, 1.165) is 68.9 Å². The SMILES string of the molecule is CCc1c(CC)c2cc3nc(cnc4cc(OC)c(OC)cc4ncc4nc(cc1[n-]2)C(CCC[O-])=C4C)C(C)=C3CCC[O-].[Y+3]. The van der Waals surface area contributed by atoms with E-state index in [1.54, 1.807) is 38.7 Å². The molecular weight excluding hydrogens is 655 g/mol. The molecule has 2 aromatic heterocycles. The fraction of sp³-hybridized carbons (Fsp3) is 0.389. The molecule has 0 atom stereocenters. The van der Waals surface area contributed by atoms with Crippen molar-refractivity contribution in [2.24, 2.45) is 0 Å². The number of benzene rings is 1. The zero-order valence-electron chi connectivity index (χ0n) is 27.6. The van der Waals surface area contributed by atoms with Crippen molar-refractivity contribution in [1.29, 1.82) is 0 Å². The normalized spacial score (nSPS) is 12.7. The predicted octanol–water partition coefficient (Wildman–Crippen LogP) is 5.25. The Morgan fingerprint density at radius 1 is 0.652 bits per heavy atom. The number of nitrogens with zero attached hydrogens (tertiary/aromatic N) is 5. The van der Waals surface area contributed by atoms with E-state index in [2.05, 4.69) is 26.0 Å². The summed E-state index contributed by atoms with van der Waals surface area (Å²) in [5.41, 5.74) is 12.4. The molecule has 2 aliphatic rings. The molecule has 0 fully saturated rings. The molecule has 9 nitrogen and oxygen atoms in total. The van der Waals surface area contributed by atoms with Gasteiger partial charge in [-0.15, -0.1) is 24.2 Å². The summed E-state index contributed by atoms with van der Waals surface area (Å²) in [5.74, 6) is 1.06. The second kappa shape index (κ2) is 16.0. The summed E-state index contributed by atoms with van der Waals surface area (Å²) in [7, 11) is 3.17. The monoisotopic (exact) mass is 695 g/mol. The zero-order valence-corrected chi connectivity index (χ0v) is 30.4. The van der Waals surface area contributed by atoms with Crippen molar-refractivity contribution < 1.29 is 52.4 Å². The Labute approximate surface area is 295 Å². The molecule has 5 rings (SSSR count). The second-order valence-electron chi connectivity index (χ2n) is 11.1. The molecule has 4 heterocycles. The summed E-state index contributed by atoms with van der Waals surface area (Å²) in [4.78, 5) is 24.8. The molecule has 10 heteroatoms. The van der Waals surface area contributed by atoms with Gasteiger partial charge in [0.15, 0.2) is 11.5 Å². The molecule has 0 saturated heterocycles. The van der Waals surface area contributed by atoms with E-state index in [1.165, 1.54) is 11.1 Å². The van der Waals surface area contributed by atoms with E-state index in [4.69, 9.17) is 34.4 Å². The van der Waals surface area contributed by atoms with Crippen LogP contribution in [0.5, 0.6) is 11.5 Å². The Morgan fingerprint density at radius 3 is 1.41 bits per heavy atom. The van der Waals surface area contributed by atoms with Crippen LogP contribution in [0.3, 0.4) is 0 Å². The number of fused-ring (bicyclic) bond motifs is 7. The van der Waals surface area contributed by atoms with E-state index in [1.807, 2.05) is 13.8 Å². The van der Waals surface area contributed by atoms with Gasteiger partial charge in [-0.1, -0.05) is 49.9 Å². The van der Waals surface area contributed by atoms with Crippen LogP contribution in [-0.4, -0.2) is 47.4 Å². The topological polar surface area (TPSA) is 130 Å². The molecule has 1 aromatic carbocycles. The molecule has 0 spiro atoms. The van der Waals surface area contributed by atoms with Crippen LogP contribution in [0, 0.1) is 0 Å². The van der Waals surface area contributed by atoms with Crippen LogP contribution < -0.4 is 24.7 Å². The smallest absolute Gasteiger partial charge is 0.854 e. The Bertz CT molecular complexity index is 1730. The molecule has 6 bridgehead atoms. The summed E-state index contributed by atoms with van der Waals surface area (Å²) < 4.78 is 11.1. The van der Waals surface area contributed by atoms with Gasteiger partial charge in [0.1, 0.15) is 0 Å². The Hall–Kier alpha value is -3.24. The summed E-state index contributed by atoms with van der Waals surface area (Å²) in [6, 6.07) is 7.68. The standard InChI is InChI=1S/C36H40N5O4.Y/c1-7-23-24(8-2)28-16-30-26(12-10-14-43)22(4)34(41-30)20-38-32-18-36(45-6)35(44-5)17-31(32)37-19-33-21(3)25(11-9-13-42)29(40-33)15-27(23)39-28;/h15-20H,7-14H2,1-6H3;/q-3;+3. The van der Waals surface area contributed by atoms with Crippen molar-refractivity contribution in [3.05, 3.63) is 70.6 Å². The van der Waals surface area contributed by atoms with Gasteiger partial charge >= 0.3 is 32.7 Å². The minimum Gasteiger partial charge on any atom is -0.854 e. The van der Waals surface area contributed by atoms with Gasteiger partial charge in [0.2, 0.25) is 0 Å². The van der Waals surface area contributed by atoms with Gasteiger partial charge in [-0.25, -0.2) is 9.97 Å². The molecule has 0 radical (unpaired) electrons. The first-order valence-corrected chi connectivity index (χ1v) is 15.6. The number of hydrogen-bond acceptors (Lipinski definition) is 8. The van der Waals surface area contributed by atoms with E-state index < -0.39 is 0 Å². The van der Waals surface area contributed by atoms with E-state index >= 15 is 0 Å². The summed E-state index contributed by atoms with van der Waals surface area (Å²) in [6.07, 6.45) is 7.40.